The van der Waals surface area contributed by atoms with Crippen LogP contribution in [-0.4, -0.2) is 8.97 Å². The number of aromatic nitrogens is 4. The maximum absolute atomic E-state index is 6.89. The summed E-state index contributed by atoms with van der Waals surface area (Å²) in [4.78, 5) is 0. The first kappa shape index (κ1) is 20.7. The van der Waals surface area contributed by atoms with E-state index >= 15 is 0 Å². The van der Waals surface area contributed by atoms with E-state index in [2.05, 4.69) is 130 Å². The second-order valence-corrected chi connectivity index (χ2v) is 11.9. The molecule has 5 nitrogen and oxygen atoms in total. The fraction of sp³-hybridized carbons (Fsp3) is 0.111. The Labute approximate surface area is 234 Å². The minimum absolute atomic E-state index is 0.624. The average molecular weight is 529 g/mol. The van der Waals surface area contributed by atoms with Crippen LogP contribution in [-0.2, 0) is 5.66 Å². The van der Waals surface area contributed by atoms with Gasteiger partial charge in [-0.05, 0) is 80.4 Å². The van der Waals surface area contributed by atoms with Gasteiger partial charge in [-0.2, -0.15) is 9.13 Å². The third-order valence-electron chi connectivity index (χ3n) is 10.4. The first-order valence-electron chi connectivity index (χ1n) is 14.3. The Hall–Kier alpha value is -5.16. The number of fused-ring (bicyclic) bond motifs is 8. The topological polar surface area (TPSA) is 26.3 Å². The molecule has 0 saturated carbocycles. The van der Waals surface area contributed by atoms with Crippen LogP contribution in [0.5, 0.6) is 11.5 Å². The molecule has 0 radical (unpaired) electrons. The van der Waals surface area contributed by atoms with E-state index in [4.69, 9.17) is 4.74 Å². The lowest BCUT2D eigenvalue weighted by Gasteiger charge is -2.34. The highest BCUT2D eigenvalue weighted by Gasteiger charge is 2.66. The molecule has 3 aliphatic heterocycles. The zero-order valence-electron chi connectivity index (χ0n) is 22.9. The smallest absolute Gasteiger partial charge is 0.374 e. The summed E-state index contributed by atoms with van der Waals surface area (Å²) >= 11 is 0. The first-order chi connectivity index (χ1) is 20.1. The third-order valence-corrected chi connectivity index (χ3v) is 10.4. The van der Waals surface area contributed by atoms with Crippen molar-refractivity contribution in [3.05, 3.63) is 119 Å². The molecule has 8 heterocycles. The predicted octanol–water partition coefficient (Wildman–Crippen LogP) is 6.87. The van der Waals surface area contributed by atoms with Crippen molar-refractivity contribution < 1.29 is 13.9 Å². The second kappa shape index (κ2) is 6.26. The molecule has 3 aromatic carbocycles. The van der Waals surface area contributed by atoms with Gasteiger partial charge in [-0.25, -0.2) is 0 Å². The van der Waals surface area contributed by atoms with Gasteiger partial charge < -0.3 is 9.14 Å². The summed E-state index contributed by atoms with van der Waals surface area (Å²) in [6.45, 7) is 6.77. The van der Waals surface area contributed by atoms with Crippen molar-refractivity contribution >= 4 is 49.1 Å². The summed E-state index contributed by atoms with van der Waals surface area (Å²) in [5.74, 6) is 3.01. The molecule has 5 heteroatoms. The minimum atomic E-state index is -0.624. The van der Waals surface area contributed by atoms with Crippen molar-refractivity contribution in [1.82, 2.24) is 8.97 Å². The summed E-state index contributed by atoms with van der Waals surface area (Å²) < 4.78 is 16.8. The van der Waals surface area contributed by atoms with Gasteiger partial charge in [-0.1, -0.05) is 18.2 Å². The number of hydrogen-bond acceptors (Lipinski definition) is 1. The van der Waals surface area contributed by atoms with Gasteiger partial charge in [0.05, 0.1) is 17.1 Å². The molecule has 0 bridgehead atoms. The normalized spacial score (nSPS) is 17.4. The number of para-hydroxylation sites is 1. The standard InChI is InChI=1S/C36H24N4O/c1-19-20(2)33-24-14-16-27-31-30(24)35-26(39(33)21(19)3)11-8-18-38(35)36(31)32-28(41-27)15-13-23-22-9-4-5-10-25(22)40(34(23)32)29-12-6-7-17-37(29)36/h4-18H,1-3H3/q+2. The Bertz CT molecular complexity index is 2600. The van der Waals surface area contributed by atoms with Crippen molar-refractivity contribution in [3.63, 3.8) is 0 Å². The van der Waals surface area contributed by atoms with E-state index in [1.165, 1.54) is 77.1 Å². The molecule has 11 rings (SSSR count). The van der Waals surface area contributed by atoms with E-state index in [0.717, 1.165) is 17.3 Å². The van der Waals surface area contributed by atoms with Crippen molar-refractivity contribution in [3.8, 4) is 17.3 Å². The Morgan fingerprint density at radius 2 is 1.39 bits per heavy atom. The van der Waals surface area contributed by atoms with E-state index in [1.54, 1.807) is 0 Å². The van der Waals surface area contributed by atoms with Gasteiger partial charge in [0, 0.05) is 34.0 Å². The molecule has 0 saturated heterocycles. The van der Waals surface area contributed by atoms with Crippen molar-refractivity contribution in [2.24, 2.45) is 0 Å². The Morgan fingerprint density at radius 3 is 2.29 bits per heavy atom. The van der Waals surface area contributed by atoms with Crippen LogP contribution < -0.4 is 13.9 Å². The van der Waals surface area contributed by atoms with E-state index in [1.807, 2.05) is 0 Å². The van der Waals surface area contributed by atoms with E-state index in [-0.39, 0.29) is 0 Å². The van der Waals surface area contributed by atoms with Crippen molar-refractivity contribution in [2.45, 2.75) is 26.4 Å². The fourth-order valence-electron chi connectivity index (χ4n) is 8.66. The van der Waals surface area contributed by atoms with E-state index < -0.39 is 5.66 Å². The maximum atomic E-state index is 6.89. The van der Waals surface area contributed by atoms with Gasteiger partial charge in [0.25, 0.3) is 5.82 Å². The highest BCUT2D eigenvalue weighted by molar-refractivity contribution is 6.16. The second-order valence-electron chi connectivity index (χ2n) is 11.9. The highest BCUT2D eigenvalue weighted by atomic mass is 16.5. The Morgan fingerprint density at radius 1 is 0.634 bits per heavy atom. The van der Waals surface area contributed by atoms with Crippen LogP contribution >= 0.6 is 0 Å². The van der Waals surface area contributed by atoms with Crippen LogP contribution in [0, 0.1) is 20.8 Å². The maximum Gasteiger partial charge on any atom is 0.374 e. The van der Waals surface area contributed by atoms with Crippen LogP contribution in [0.3, 0.4) is 0 Å². The van der Waals surface area contributed by atoms with E-state index in [0.29, 0.717) is 0 Å². The van der Waals surface area contributed by atoms with Gasteiger partial charge in [0.2, 0.25) is 5.52 Å². The molecule has 0 aliphatic carbocycles. The summed E-state index contributed by atoms with van der Waals surface area (Å²) in [5.41, 5.74) is 12.0. The molecule has 3 aliphatic rings. The molecule has 0 amide bonds. The molecular weight excluding hydrogens is 504 g/mol. The lowest BCUT2D eigenvalue weighted by molar-refractivity contribution is -0.956. The van der Waals surface area contributed by atoms with Gasteiger partial charge in [0.15, 0.2) is 17.3 Å². The number of nitrogens with zero attached hydrogens (tertiary/aromatic N) is 4. The van der Waals surface area contributed by atoms with E-state index in [9.17, 15) is 0 Å². The summed E-state index contributed by atoms with van der Waals surface area (Å²) in [5, 5.41) is 5.09. The molecule has 1 atom stereocenters. The van der Waals surface area contributed by atoms with Crippen molar-refractivity contribution in [2.75, 3.05) is 0 Å². The molecule has 8 aromatic rings. The third kappa shape index (κ3) is 1.89. The quantitative estimate of drug-likeness (QED) is 0.156. The zero-order valence-corrected chi connectivity index (χ0v) is 22.9. The van der Waals surface area contributed by atoms with Crippen LogP contribution in [0.15, 0.2) is 91.3 Å². The minimum Gasteiger partial charge on any atom is -0.456 e. The van der Waals surface area contributed by atoms with Gasteiger partial charge >= 0.3 is 5.66 Å². The van der Waals surface area contributed by atoms with Crippen molar-refractivity contribution in [1.29, 1.82) is 0 Å². The van der Waals surface area contributed by atoms with Crippen LogP contribution in [0.2, 0.25) is 0 Å². The highest BCUT2D eigenvalue weighted by Crippen LogP contribution is 2.57. The molecule has 1 unspecified atom stereocenters. The first-order valence-corrected chi connectivity index (χ1v) is 14.3. The molecule has 0 fully saturated rings. The number of rotatable bonds is 0. The SMILES string of the molecule is Cc1c(C)c2c3ccc4c5c3c3c(ccc[n+]3C53c5c(ccc6c7ccccc7n(c56)-c5cccc[n+]53)O4)n2c1C. The fourth-order valence-corrected chi connectivity index (χ4v) is 8.66. The van der Waals surface area contributed by atoms with Gasteiger partial charge in [-0.15, -0.1) is 4.57 Å². The van der Waals surface area contributed by atoms with Crippen LogP contribution in [0.1, 0.15) is 27.9 Å². The summed E-state index contributed by atoms with van der Waals surface area (Å²) in [6.07, 6.45) is 4.54. The monoisotopic (exact) mass is 528 g/mol. The summed E-state index contributed by atoms with van der Waals surface area (Å²) in [6, 6.07) is 28.8. The van der Waals surface area contributed by atoms with Gasteiger partial charge in [0.1, 0.15) is 28.1 Å². The number of aryl methyl sites for hydroxylation is 2. The molecule has 41 heavy (non-hydrogen) atoms. The number of benzene rings is 3. The molecule has 1 spiro atoms. The van der Waals surface area contributed by atoms with Gasteiger partial charge in [-0.3, -0.25) is 0 Å². The zero-order chi connectivity index (χ0) is 26.9. The van der Waals surface area contributed by atoms with Crippen LogP contribution in [0.25, 0.3) is 54.9 Å². The lowest BCUT2D eigenvalue weighted by Crippen LogP contribution is -2.75. The lowest BCUT2D eigenvalue weighted by atomic mass is 9.83. The molecule has 5 aromatic heterocycles. The molecular formula is C36H24N4O+2. The molecule has 192 valence electrons. The van der Waals surface area contributed by atoms with Crippen LogP contribution in [0.4, 0.5) is 0 Å². The predicted molar refractivity (Wildman–Crippen MR) is 159 cm³/mol. The number of ether oxygens (including phenoxy) is 1. The number of pyridine rings is 3. The molecule has 0 N–H and O–H groups in total. The summed E-state index contributed by atoms with van der Waals surface area (Å²) in [7, 11) is 0. The Kier molecular flexibility index (Phi) is 3.16. The Balaban J connectivity index is 1.49. The largest absolute Gasteiger partial charge is 0.456 e. The average Bonchev–Trinajstić information content (AvgIpc) is 3.60. The number of hydrogen-bond donors (Lipinski definition) is 0.